The van der Waals surface area contributed by atoms with Gasteiger partial charge in [-0.2, -0.15) is 0 Å². The summed E-state index contributed by atoms with van der Waals surface area (Å²) in [5.41, 5.74) is 2.93. The highest BCUT2D eigenvalue weighted by atomic mass is 16.6. The molecule has 0 atom stereocenters. The number of nitrogens with one attached hydrogen (secondary N) is 1. The lowest BCUT2D eigenvalue weighted by Crippen LogP contribution is -2.25. The highest BCUT2D eigenvalue weighted by Gasteiger charge is 2.17. The standard InChI is InChI=1S/C9H19NO/c1-8-3-5-9(6-4-8)7-10-11-2/h8-10H,3-7H2,1-2H3. The second-order valence-electron chi connectivity index (χ2n) is 3.68. The molecule has 0 aromatic heterocycles. The van der Waals surface area contributed by atoms with Crippen LogP contribution in [0.5, 0.6) is 0 Å². The Kier molecular flexibility index (Phi) is 3.87. The summed E-state index contributed by atoms with van der Waals surface area (Å²) in [6.45, 7) is 3.38. The van der Waals surface area contributed by atoms with Gasteiger partial charge in [-0.3, -0.25) is 0 Å². The lowest BCUT2D eigenvalue weighted by molar-refractivity contribution is 0.0720. The first kappa shape index (κ1) is 9.01. The van der Waals surface area contributed by atoms with Crippen LogP contribution in [0.25, 0.3) is 0 Å². The molecule has 1 aliphatic carbocycles. The fourth-order valence-electron chi connectivity index (χ4n) is 1.73. The van der Waals surface area contributed by atoms with Crippen LogP contribution in [0.4, 0.5) is 0 Å². The molecular weight excluding hydrogens is 138 g/mol. The maximum Gasteiger partial charge on any atom is 0.0572 e. The number of hydrogen-bond donors (Lipinski definition) is 1. The van der Waals surface area contributed by atoms with Crippen LogP contribution in [0.2, 0.25) is 0 Å². The fraction of sp³-hybridized carbons (Fsp3) is 1.00. The van der Waals surface area contributed by atoms with E-state index in [0.29, 0.717) is 0 Å². The minimum atomic E-state index is 0.853. The third kappa shape index (κ3) is 3.21. The Morgan fingerprint density at radius 3 is 2.45 bits per heavy atom. The highest BCUT2D eigenvalue weighted by molar-refractivity contribution is 4.70. The van der Waals surface area contributed by atoms with Gasteiger partial charge in [0.25, 0.3) is 0 Å². The first-order valence-corrected chi connectivity index (χ1v) is 4.58. The Labute approximate surface area is 69.3 Å². The SMILES string of the molecule is CONCC1CCC(C)CC1. The van der Waals surface area contributed by atoms with Gasteiger partial charge in [-0.25, -0.2) is 5.48 Å². The average molecular weight is 157 g/mol. The van der Waals surface area contributed by atoms with Crippen LogP contribution in [-0.4, -0.2) is 13.7 Å². The van der Waals surface area contributed by atoms with E-state index in [1.165, 1.54) is 25.7 Å². The van der Waals surface area contributed by atoms with Gasteiger partial charge in [0.15, 0.2) is 0 Å². The summed E-state index contributed by atoms with van der Waals surface area (Å²) in [6, 6.07) is 0. The van der Waals surface area contributed by atoms with Crippen molar-refractivity contribution in [3.8, 4) is 0 Å². The van der Waals surface area contributed by atoms with Crippen molar-refractivity contribution in [1.82, 2.24) is 5.48 Å². The average Bonchev–Trinajstić information content (AvgIpc) is 2.04. The van der Waals surface area contributed by atoms with Gasteiger partial charge in [0.05, 0.1) is 7.11 Å². The van der Waals surface area contributed by atoms with Crippen molar-refractivity contribution < 1.29 is 4.84 Å². The Bertz CT molecular complexity index is 95.0. The Hall–Kier alpha value is -0.0800. The molecule has 11 heavy (non-hydrogen) atoms. The second kappa shape index (κ2) is 4.73. The molecule has 66 valence electrons. The summed E-state index contributed by atoms with van der Waals surface area (Å²) in [5.74, 6) is 1.81. The van der Waals surface area contributed by atoms with Gasteiger partial charge in [-0.15, -0.1) is 0 Å². The molecule has 0 spiro atoms. The van der Waals surface area contributed by atoms with Crippen LogP contribution in [0, 0.1) is 11.8 Å². The molecule has 0 aromatic rings. The van der Waals surface area contributed by atoms with E-state index in [2.05, 4.69) is 12.4 Å². The summed E-state index contributed by atoms with van der Waals surface area (Å²) >= 11 is 0. The Balaban J connectivity index is 2.07. The zero-order chi connectivity index (χ0) is 8.10. The lowest BCUT2D eigenvalue weighted by Gasteiger charge is -2.25. The summed E-state index contributed by atoms with van der Waals surface area (Å²) in [6.07, 6.45) is 5.54. The molecule has 2 nitrogen and oxygen atoms in total. The molecule has 0 aromatic carbocycles. The minimum absolute atomic E-state index is 0.853. The molecule has 1 N–H and O–H groups in total. The van der Waals surface area contributed by atoms with E-state index < -0.39 is 0 Å². The van der Waals surface area contributed by atoms with Crippen molar-refractivity contribution in [1.29, 1.82) is 0 Å². The van der Waals surface area contributed by atoms with Gasteiger partial charge in [0, 0.05) is 6.54 Å². The lowest BCUT2D eigenvalue weighted by atomic mass is 9.83. The molecule has 1 saturated carbocycles. The van der Waals surface area contributed by atoms with Crippen LogP contribution < -0.4 is 5.48 Å². The van der Waals surface area contributed by atoms with Crippen LogP contribution >= 0.6 is 0 Å². The Morgan fingerprint density at radius 2 is 1.91 bits per heavy atom. The maximum atomic E-state index is 4.82. The third-order valence-electron chi connectivity index (χ3n) is 2.65. The van der Waals surface area contributed by atoms with Crippen LogP contribution in [0.15, 0.2) is 0 Å². The van der Waals surface area contributed by atoms with Gasteiger partial charge >= 0.3 is 0 Å². The first-order chi connectivity index (χ1) is 5.33. The van der Waals surface area contributed by atoms with Gasteiger partial charge in [-0.05, 0) is 24.7 Å². The quantitative estimate of drug-likeness (QED) is 0.632. The van der Waals surface area contributed by atoms with E-state index in [1.54, 1.807) is 7.11 Å². The van der Waals surface area contributed by atoms with E-state index in [-0.39, 0.29) is 0 Å². The molecule has 0 heterocycles. The van der Waals surface area contributed by atoms with Gasteiger partial charge < -0.3 is 4.84 Å². The van der Waals surface area contributed by atoms with E-state index in [1.807, 2.05) is 0 Å². The van der Waals surface area contributed by atoms with Crippen molar-refractivity contribution in [3.05, 3.63) is 0 Å². The second-order valence-corrected chi connectivity index (χ2v) is 3.68. The summed E-state index contributed by atoms with van der Waals surface area (Å²) in [4.78, 5) is 4.82. The minimum Gasteiger partial charge on any atom is -0.305 e. The van der Waals surface area contributed by atoms with E-state index in [9.17, 15) is 0 Å². The molecule has 1 aliphatic rings. The predicted molar refractivity (Wildman–Crippen MR) is 46.1 cm³/mol. The maximum absolute atomic E-state index is 4.82. The van der Waals surface area contributed by atoms with Gasteiger partial charge in [-0.1, -0.05) is 19.8 Å². The van der Waals surface area contributed by atoms with Crippen molar-refractivity contribution in [3.63, 3.8) is 0 Å². The van der Waals surface area contributed by atoms with Crippen molar-refractivity contribution >= 4 is 0 Å². The molecule has 1 rings (SSSR count). The highest BCUT2D eigenvalue weighted by Crippen LogP contribution is 2.27. The molecule has 0 unspecified atom stereocenters. The van der Waals surface area contributed by atoms with Crippen LogP contribution in [-0.2, 0) is 4.84 Å². The molecule has 0 amide bonds. The molecule has 0 aliphatic heterocycles. The summed E-state index contributed by atoms with van der Waals surface area (Å²) < 4.78 is 0. The van der Waals surface area contributed by atoms with Gasteiger partial charge in [0.2, 0.25) is 0 Å². The van der Waals surface area contributed by atoms with E-state index >= 15 is 0 Å². The summed E-state index contributed by atoms with van der Waals surface area (Å²) in [5, 5.41) is 0. The summed E-state index contributed by atoms with van der Waals surface area (Å²) in [7, 11) is 1.69. The largest absolute Gasteiger partial charge is 0.305 e. The Morgan fingerprint density at radius 1 is 1.27 bits per heavy atom. The van der Waals surface area contributed by atoms with Crippen molar-refractivity contribution in [2.45, 2.75) is 32.6 Å². The van der Waals surface area contributed by atoms with Crippen molar-refractivity contribution in [2.24, 2.45) is 11.8 Å². The first-order valence-electron chi connectivity index (χ1n) is 4.58. The number of hydrogen-bond acceptors (Lipinski definition) is 2. The van der Waals surface area contributed by atoms with Crippen LogP contribution in [0.1, 0.15) is 32.6 Å². The van der Waals surface area contributed by atoms with Crippen LogP contribution in [0.3, 0.4) is 0 Å². The third-order valence-corrected chi connectivity index (χ3v) is 2.65. The zero-order valence-corrected chi connectivity index (χ0v) is 7.60. The molecule has 0 saturated heterocycles. The monoisotopic (exact) mass is 157 g/mol. The topological polar surface area (TPSA) is 21.3 Å². The number of hydroxylamine groups is 1. The molecular formula is C9H19NO. The zero-order valence-electron chi connectivity index (χ0n) is 7.60. The number of rotatable bonds is 3. The normalized spacial score (nSPS) is 32.2. The van der Waals surface area contributed by atoms with Gasteiger partial charge in [0.1, 0.15) is 0 Å². The fourth-order valence-corrected chi connectivity index (χ4v) is 1.73. The van der Waals surface area contributed by atoms with E-state index in [4.69, 9.17) is 4.84 Å². The molecule has 0 radical (unpaired) electrons. The van der Waals surface area contributed by atoms with E-state index in [0.717, 1.165) is 18.4 Å². The smallest absolute Gasteiger partial charge is 0.0572 e. The molecule has 2 heteroatoms. The molecule has 1 fully saturated rings. The molecule has 0 bridgehead atoms. The predicted octanol–water partition coefficient (Wildman–Crippen LogP) is 1.96. The van der Waals surface area contributed by atoms with Crippen molar-refractivity contribution in [2.75, 3.05) is 13.7 Å².